The van der Waals surface area contributed by atoms with Crippen molar-refractivity contribution in [3.8, 4) is 23.0 Å². The lowest BCUT2D eigenvalue weighted by Gasteiger charge is -2.30. The standard InChI is InChI=1S/C54H48Br2N4O6P/c1-61-39-15-7-35(8-16-39)51-43-23-24-44(57-43)52(36-9-17-40(62-2)18-10-36)49-29-30-50-54(38-13-21-42(64-4)22-14-38)46-26-25-45(58-46)53(37-11-19-41(63-3)20-12-37)48-28-27-47(51)59(48)67(60(49)50,65-33-5-31-55)66-34-6-32-56/h7-30H,5-6,31-34H2,1-4H3/q+1. The first-order chi connectivity index (χ1) is 32.9. The van der Waals surface area contributed by atoms with Gasteiger partial charge in [0.1, 0.15) is 23.0 Å². The molecule has 0 fully saturated rings. The summed E-state index contributed by atoms with van der Waals surface area (Å²) in [7, 11) is 3.08. The number of halogens is 2. The average molecular weight is 1040 g/mol. The number of hydrogen-bond acceptors (Lipinski definition) is 8. The van der Waals surface area contributed by atoms with Crippen LogP contribution in [0.5, 0.6) is 23.0 Å². The van der Waals surface area contributed by atoms with E-state index < -0.39 is 8.02 Å². The summed E-state index contributed by atoms with van der Waals surface area (Å²) < 4.78 is 43.0. The first-order valence-electron chi connectivity index (χ1n) is 22.0. The normalized spacial score (nSPS) is 15.5. The average Bonchev–Trinajstić information content (AvgIpc) is 4.22. The Balaban J connectivity index is 1.48. The lowest BCUT2D eigenvalue weighted by atomic mass is 10.0. The van der Waals surface area contributed by atoms with Gasteiger partial charge in [-0.25, -0.2) is 9.98 Å². The Labute approximate surface area is 407 Å². The van der Waals surface area contributed by atoms with Gasteiger partial charge >= 0.3 is 8.02 Å². The molecule has 0 aliphatic carbocycles. The number of benzene rings is 4. The van der Waals surface area contributed by atoms with Crippen molar-refractivity contribution in [1.82, 2.24) is 8.68 Å². The molecule has 67 heavy (non-hydrogen) atoms. The maximum absolute atomic E-state index is 7.77. The highest BCUT2D eigenvalue weighted by atomic mass is 79.9. The molecule has 0 unspecified atom stereocenters. The van der Waals surface area contributed by atoms with E-state index in [9.17, 15) is 0 Å². The molecular weight excluding hydrogens is 991 g/mol. The van der Waals surface area contributed by atoms with Crippen LogP contribution in [0.3, 0.4) is 0 Å². The van der Waals surface area contributed by atoms with Crippen molar-refractivity contribution in [1.29, 1.82) is 0 Å². The van der Waals surface area contributed by atoms with E-state index >= 15 is 0 Å². The van der Waals surface area contributed by atoms with Crippen LogP contribution in [-0.2, 0) is 9.05 Å². The van der Waals surface area contributed by atoms with Crippen LogP contribution < -0.4 is 29.6 Å². The maximum Gasteiger partial charge on any atom is 0.497 e. The fourth-order valence-electron chi connectivity index (χ4n) is 9.01. The van der Waals surface area contributed by atoms with Crippen molar-refractivity contribution >= 4 is 73.6 Å². The third-order valence-corrected chi connectivity index (χ3v) is 16.2. The summed E-state index contributed by atoms with van der Waals surface area (Å²) in [6, 6.07) is 41.5. The van der Waals surface area contributed by atoms with E-state index in [4.69, 9.17) is 38.0 Å². The topological polar surface area (TPSA) is 90.0 Å². The summed E-state index contributed by atoms with van der Waals surface area (Å²) in [6.07, 6.45) is 9.95. The van der Waals surface area contributed by atoms with Gasteiger partial charge in [0.2, 0.25) is 0 Å². The van der Waals surface area contributed by atoms with Crippen LogP contribution >= 0.6 is 39.9 Å². The smallest absolute Gasteiger partial charge is 0.497 e. The number of hydrogen-bond donors (Lipinski definition) is 0. The quantitative estimate of drug-likeness (QED) is 0.0545. The predicted molar refractivity (Wildman–Crippen MR) is 277 cm³/mol. The highest BCUT2D eigenvalue weighted by Gasteiger charge is 2.55. The molecule has 0 saturated heterocycles. The maximum atomic E-state index is 7.77. The second-order valence-electron chi connectivity index (χ2n) is 15.9. The molecule has 0 spiro atoms. The number of methoxy groups -OCH3 is 4. The molecule has 10 rings (SSSR count). The molecule has 4 aliphatic heterocycles. The van der Waals surface area contributed by atoms with Crippen molar-refractivity contribution in [2.45, 2.75) is 12.8 Å². The van der Waals surface area contributed by atoms with Gasteiger partial charge in [-0.05, 0) is 132 Å². The molecule has 338 valence electrons. The third-order valence-electron chi connectivity index (χ3n) is 12.1. The molecule has 0 N–H and O–H groups in total. The van der Waals surface area contributed by atoms with Crippen LogP contribution in [0.4, 0.5) is 0 Å². The van der Waals surface area contributed by atoms with E-state index in [0.29, 0.717) is 13.2 Å². The van der Waals surface area contributed by atoms with Crippen molar-refractivity contribution in [2.75, 3.05) is 52.3 Å². The summed E-state index contributed by atoms with van der Waals surface area (Å²) >= 11 is 7.49. The van der Waals surface area contributed by atoms with Crippen molar-refractivity contribution in [3.63, 3.8) is 0 Å². The molecule has 6 bridgehead atoms. The Hall–Kier alpha value is -6.01. The molecule has 10 nitrogen and oxygen atoms in total. The first-order valence-corrected chi connectivity index (χ1v) is 25.8. The van der Waals surface area contributed by atoms with Gasteiger partial charge in [-0.15, -0.1) is 8.68 Å². The Morgan fingerprint density at radius 3 is 1.09 bits per heavy atom. The Morgan fingerprint density at radius 2 is 0.761 bits per heavy atom. The Morgan fingerprint density at radius 1 is 0.418 bits per heavy atom. The zero-order chi connectivity index (χ0) is 46.1. The number of fused-ring (bicyclic) bond motifs is 2. The van der Waals surface area contributed by atoms with Gasteiger partial charge in [-0.1, -0.05) is 80.4 Å². The molecule has 0 saturated carbocycles. The largest absolute Gasteiger partial charge is 0.497 e. The molecular formula is C54H48Br2N4O6P+. The number of allylic oxidation sites excluding steroid dienone is 4. The summed E-state index contributed by atoms with van der Waals surface area (Å²) in [5, 5.41) is 3.22. The van der Waals surface area contributed by atoms with Gasteiger partial charge < -0.3 is 18.9 Å². The van der Waals surface area contributed by atoms with Crippen LogP contribution in [-0.4, -0.2) is 72.4 Å². The van der Waals surface area contributed by atoms with Crippen molar-refractivity contribution < 1.29 is 28.0 Å². The van der Waals surface area contributed by atoms with Crippen LogP contribution in [0.1, 0.15) is 46.5 Å². The minimum absolute atomic E-state index is 0.387. The number of alkyl halides is 2. The van der Waals surface area contributed by atoms with Gasteiger partial charge in [-0.3, -0.25) is 0 Å². The lowest BCUT2D eigenvalue weighted by Crippen LogP contribution is -2.39. The highest BCUT2D eigenvalue weighted by molar-refractivity contribution is 9.09. The molecule has 4 aliphatic rings. The third kappa shape index (κ3) is 8.08. The molecule has 6 heterocycles. The van der Waals surface area contributed by atoms with E-state index in [0.717, 1.165) is 136 Å². The minimum Gasteiger partial charge on any atom is -0.497 e. The fraction of sp³-hybridized carbons (Fsp3) is 0.185. The van der Waals surface area contributed by atoms with E-state index in [1.165, 1.54) is 0 Å². The Kier molecular flexibility index (Phi) is 12.9. The van der Waals surface area contributed by atoms with E-state index in [1.807, 2.05) is 48.5 Å². The van der Waals surface area contributed by atoms with E-state index in [-0.39, 0.29) is 0 Å². The van der Waals surface area contributed by atoms with Gasteiger partial charge in [0.25, 0.3) is 0 Å². The number of nitrogens with zero attached hydrogens (tertiary/aromatic N) is 4. The molecule has 0 atom stereocenters. The second-order valence-corrected chi connectivity index (χ2v) is 19.8. The molecule has 0 radical (unpaired) electrons. The van der Waals surface area contributed by atoms with Crippen LogP contribution in [0, 0.1) is 0 Å². The number of rotatable bonds is 16. The van der Waals surface area contributed by atoms with Gasteiger partial charge in [0.15, 0.2) is 0 Å². The monoisotopic (exact) mass is 1040 g/mol. The van der Waals surface area contributed by atoms with Gasteiger partial charge in [0.05, 0.1) is 86.6 Å². The minimum atomic E-state index is -3.67. The van der Waals surface area contributed by atoms with Gasteiger partial charge in [-0.2, -0.15) is 9.05 Å². The van der Waals surface area contributed by atoms with E-state index in [1.54, 1.807) is 28.4 Å². The highest BCUT2D eigenvalue weighted by Crippen LogP contribution is 2.65. The summed E-state index contributed by atoms with van der Waals surface area (Å²) in [5.41, 5.74) is 12.4. The van der Waals surface area contributed by atoms with Crippen LogP contribution in [0.25, 0.3) is 22.3 Å². The van der Waals surface area contributed by atoms with Crippen molar-refractivity contribution in [3.05, 3.63) is 201 Å². The second kappa shape index (κ2) is 19.3. The summed E-state index contributed by atoms with van der Waals surface area (Å²) in [6.45, 7) is 0.775. The zero-order valence-corrected chi connectivity index (χ0v) is 41.6. The lowest BCUT2D eigenvalue weighted by molar-refractivity contribution is 0.215. The fourth-order valence-corrected chi connectivity index (χ4v) is 12.7. The van der Waals surface area contributed by atoms with Gasteiger partial charge in [0, 0.05) is 33.0 Å². The molecule has 6 aromatic rings. The van der Waals surface area contributed by atoms with E-state index in [2.05, 4.69) is 138 Å². The molecule has 13 heteroatoms. The number of ether oxygens (including phenoxy) is 4. The summed E-state index contributed by atoms with van der Waals surface area (Å²) in [4.78, 5) is 11.2. The van der Waals surface area contributed by atoms with Crippen molar-refractivity contribution in [2.24, 2.45) is 9.98 Å². The Bertz CT molecular complexity index is 2970. The number of aliphatic imine (C=N–C) groups is 2. The SMILES string of the molecule is COc1ccc(C2=C3C=CC(=N3)C(c3ccc(OC)cc3)=c3ccc4n3[P+](OCCCBr)(OCCCBr)n3c2ccc3C(c2ccc(OC)cc2)=C2C=CC(=N2)C=4c2ccc(OC)cc2)cc1. The zero-order valence-electron chi connectivity index (χ0n) is 37.5. The first kappa shape index (κ1) is 44.8. The van der Waals surface area contributed by atoms with Crippen LogP contribution in [0.15, 0.2) is 167 Å². The molecule has 0 amide bonds. The number of aromatic nitrogens is 2. The molecule has 4 aromatic carbocycles. The predicted octanol–water partition coefficient (Wildman–Crippen LogP) is 11.0. The molecule has 2 aromatic heterocycles. The van der Waals surface area contributed by atoms with Crippen LogP contribution in [0.2, 0.25) is 0 Å². The summed E-state index contributed by atoms with van der Waals surface area (Å²) in [5.74, 6) is 3.01.